The van der Waals surface area contributed by atoms with Gasteiger partial charge in [0.25, 0.3) is 11.8 Å². The average molecular weight is 465 g/mol. The van der Waals surface area contributed by atoms with Gasteiger partial charge in [-0.25, -0.2) is 4.99 Å². The van der Waals surface area contributed by atoms with Crippen molar-refractivity contribution < 1.29 is 27.3 Å². The summed E-state index contributed by atoms with van der Waals surface area (Å²) in [7, 11) is 1.37. The average Bonchev–Trinajstić information content (AvgIpc) is 3.34. The molecule has 11 heteroatoms. The van der Waals surface area contributed by atoms with Crippen LogP contribution in [-0.2, 0) is 24.1 Å². The molecule has 33 heavy (non-hydrogen) atoms. The van der Waals surface area contributed by atoms with Crippen molar-refractivity contribution in [2.45, 2.75) is 52.0 Å². The molecule has 1 aliphatic rings. The van der Waals surface area contributed by atoms with Crippen molar-refractivity contribution in [3.05, 3.63) is 52.9 Å². The smallest absolute Gasteiger partial charge is 0.369 e. The van der Waals surface area contributed by atoms with E-state index < -0.39 is 29.3 Å². The molecule has 0 aliphatic carbocycles. The second-order valence-electron chi connectivity index (χ2n) is 8.43. The number of carbonyl (C=O) groups excluding carboxylic acids is 2. The van der Waals surface area contributed by atoms with E-state index in [0.717, 1.165) is 23.5 Å². The van der Waals surface area contributed by atoms with Crippen molar-refractivity contribution in [1.29, 1.82) is 0 Å². The van der Waals surface area contributed by atoms with Gasteiger partial charge in [-0.1, -0.05) is 25.1 Å². The van der Waals surface area contributed by atoms with Crippen LogP contribution in [0.4, 0.5) is 13.2 Å². The Morgan fingerprint density at radius 2 is 2.03 bits per heavy atom. The van der Waals surface area contributed by atoms with Crippen molar-refractivity contribution in [1.82, 2.24) is 15.0 Å². The maximum Gasteiger partial charge on any atom is 0.417 e. The number of nitrogens with two attached hydrogens (primary N) is 1. The standard InChI is InChI=1S/C22H26F3N5O3/c1-13(2)4-7-18-20(32)30(21(26)27-18)11-14-5-6-17(22(23,24)25)16(10-14)19(31)29(3)12-15-8-9-33-28-15/h5-6,8-10,13,18H,4,7,11-12H2,1-3H3,(H2,26,27). The van der Waals surface area contributed by atoms with Crippen LogP contribution in [0.1, 0.15) is 53.9 Å². The third-order valence-electron chi connectivity index (χ3n) is 5.33. The van der Waals surface area contributed by atoms with Crippen LogP contribution in [0.2, 0.25) is 0 Å². The largest absolute Gasteiger partial charge is 0.417 e. The molecule has 2 N–H and O–H groups in total. The second kappa shape index (κ2) is 9.63. The molecule has 2 heterocycles. The minimum Gasteiger partial charge on any atom is -0.369 e. The Kier molecular flexibility index (Phi) is 7.09. The number of benzene rings is 1. The lowest BCUT2D eigenvalue weighted by molar-refractivity contribution is -0.138. The summed E-state index contributed by atoms with van der Waals surface area (Å²) in [5, 5.41) is 3.68. The van der Waals surface area contributed by atoms with Gasteiger partial charge < -0.3 is 15.2 Å². The zero-order chi connectivity index (χ0) is 24.3. The van der Waals surface area contributed by atoms with Crippen molar-refractivity contribution in [2.24, 2.45) is 16.6 Å². The van der Waals surface area contributed by atoms with Gasteiger partial charge in [0.2, 0.25) is 0 Å². The van der Waals surface area contributed by atoms with Crippen LogP contribution in [0, 0.1) is 5.92 Å². The summed E-state index contributed by atoms with van der Waals surface area (Å²) in [6.07, 6.45) is -2.10. The molecule has 8 nitrogen and oxygen atoms in total. The van der Waals surface area contributed by atoms with Crippen LogP contribution in [0.3, 0.4) is 0 Å². The Hall–Kier alpha value is -3.37. The fraction of sp³-hybridized carbons (Fsp3) is 0.455. The first kappa shape index (κ1) is 24.3. The molecule has 178 valence electrons. The third kappa shape index (κ3) is 5.71. The summed E-state index contributed by atoms with van der Waals surface area (Å²) in [6, 6.07) is 4.14. The molecule has 0 saturated heterocycles. The number of hydrogen-bond donors (Lipinski definition) is 1. The van der Waals surface area contributed by atoms with Crippen LogP contribution in [0.25, 0.3) is 0 Å². The minimum absolute atomic E-state index is 0.0182. The normalized spacial score (nSPS) is 16.5. The van der Waals surface area contributed by atoms with Crippen molar-refractivity contribution in [3.63, 3.8) is 0 Å². The Morgan fingerprint density at radius 1 is 1.30 bits per heavy atom. The van der Waals surface area contributed by atoms with Crippen LogP contribution in [0.5, 0.6) is 0 Å². The highest BCUT2D eigenvalue weighted by Gasteiger charge is 2.37. The molecule has 1 aliphatic heterocycles. The van der Waals surface area contributed by atoms with Crippen molar-refractivity contribution >= 4 is 17.8 Å². The summed E-state index contributed by atoms with van der Waals surface area (Å²) < 4.78 is 45.5. The lowest BCUT2D eigenvalue weighted by atomic mass is 10.0. The van der Waals surface area contributed by atoms with Crippen LogP contribution in [-0.4, -0.2) is 45.8 Å². The van der Waals surface area contributed by atoms with Crippen LogP contribution >= 0.6 is 0 Å². The quantitative estimate of drug-likeness (QED) is 0.643. The number of nitrogens with zero attached hydrogens (tertiary/aromatic N) is 4. The molecule has 2 aromatic rings. The first-order valence-electron chi connectivity index (χ1n) is 10.5. The lowest BCUT2D eigenvalue weighted by Gasteiger charge is -2.21. The molecule has 1 atom stereocenters. The number of aromatic nitrogens is 1. The SMILES string of the molecule is CC(C)CCC1N=C(N)N(Cc2ccc(C(F)(F)F)c(C(=O)N(C)Cc3ccon3)c2)C1=O. The zero-order valence-electron chi connectivity index (χ0n) is 18.6. The van der Waals surface area contributed by atoms with Gasteiger partial charge in [-0.2, -0.15) is 13.2 Å². The van der Waals surface area contributed by atoms with Gasteiger partial charge in [-0.15, -0.1) is 0 Å². The fourth-order valence-electron chi connectivity index (χ4n) is 3.55. The first-order valence-corrected chi connectivity index (χ1v) is 10.5. The number of guanidine groups is 1. The topological polar surface area (TPSA) is 105 Å². The van der Waals surface area contributed by atoms with E-state index in [1.165, 1.54) is 30.3 Å². The van der Waals surface area contributed by atoms with E-state index in [2.05, 4.69) is 10.1 Å². The molecule has 0 bridgehead atoms. The van der Waals surface area contributed by atoms with E-state index >= 15 is 0 Å². The summed E-state index contributed by atoms with van der Waals surface area (Å²) in [4.78, 5) is 32.2. The van der Waals surface area contributed by atoms with Crippen molar-refractivity contribution in [3.8, 4) is 0 Å². The maximum atomic E-state index is 13.6. The van der Waals surface area contributed by atoms with E-state index in [1.807, 2.05) is 13.8 Å². The molecule has 1 aromatic carbocycles. The Labute approximate surface area is 189 Å². The molecule has 1 unspecified atom stereocenters. The van der Waals surface area contributed by atoms with Crippen LogP contribution < -0.4 is 5.73 Å². The predicted molar refractivity (Wildman–Crippen MR) is 114 cm³/mol. The number of amides is 2. The molecular weight excluding hydrogens is 439 g/mol. The van der Waals surface area contributed by atoms with E-state index in [9.17, 15) is 22.8 Å². The summed E-state index contributed by atoms with van der Waals surface area (Å²) in [5.74, 6) is -0.730. The Morgan fingerprint density at radius 3 is 2.64 bits per heavy atom. The summed E-state index contributed by atoms with van der Waals surface area (Å²) >= 11 is 0. The summed E-state index contributed by atoms with van der Waals surface area (Å²) in [6.45, 7) is 3.95. The van der Waals surface area contributed by atoms with Gasteiger partial charge in [0, 0.05) is 13.1 Å². The number of carbonyl (C=O) groups is 2. The molecule has 1 aromatic heterocycles. The predicted octanol–water partition coefficient (Wildman–Crippen LogP) is 3.43. The number of halogens is 3. The van der Waals surface area contributed by atoms with E-state index in [4.69, 9.17) is 10.3 Å². The number of alkyl halides is 3. The van der Waals surface area contributed by atoms with Crippen molar-refractivity contribution in [2.75, 3.05) is 7.05 Å². The highest BCUT2D eigenvalue weighted by atomic mass is 19.4. The van der Waals surface area contributed by atoms with Gasteiger partial charge in [-0.05, 0) is 36.5 Å². The number of hydrogen-bond acceptors (Lipinski definition) is 6. The molecule has 0 radical (unpaired) electrons. The molecule has 3 rings (SSSR count). The van der Waals surface area contributed by atoms with Gasteiger partial charge in [0.1, 0.15) is 18.0 Å². The number of aliphatic imine (C=N–C) groups is 1. The fourth-order valence-corrected chi connectivity index (χ4v) is 3.55. The zero-order valence-corrected chi connectivity index (χ0v) is 18.6. The Balaban J connectivity index is 1.83. The molecule has 0 spiro atoms. The van der Waals surface area contributed by atoms with E-state index in [1.54, 1.807) is 0 Å². The van der Waals surface area contributed by atoms with E-state index in [0.29, 0.717) is 23.6 Å². The summed E-state index contributed by atoms with van der Waals surface area (Å²) in [5.41, 5.74) is 5.06. The van der Waals surface area contributed by atoms with Gasteiger partial charge in [0.15, 0.2) is 5.96 Å². The molecular formula is C22H26F3N5O3. The highest BCUT2D eigenvalue weighted by molar-refractivity contribution is 6.04. The van der Waals surface area contributed by atoms with Gasteiger partial charge in [0.05, 0.1) is 24.2 Å². The van der Waals surface area contributed by atoms with Gasteiger partial charge >= 0.3 is 6.18 Å². The number of rotatable bonds is 8. The Bertz CT molecular complexity index is 1030. The third-order valence-corrected chi connectivity index (χ3v) is 5.33. The lowest BCUT2D eigenvalue weighted by Crippen LogP contribution is -2.38. The molecule has 0 fully saturated rings. The monoisotopic (exact) mass is 465 g/mol. The minimum atomic E-state index is -4.73. The maximum absolute atomic E-state index is 13.6. The molecule has 2 amide bonds. The molecule has 0 saturated carbocycles. The first-order chi connectivity index (χ1) is 15.5. The highest BCUT2D eigenvalue weighted by Crippen LogP contribution is 2.33. The second-order valence-corrected chi connectivity index (χ2v) is 8.43. The van der Waals surface area contributed by atoms with Crippen LogP contribution in [0.15, 0.2) is 40.0 Å². The van der Waals surface area contributed by atoms with Gasteiger partial charge in [-0.3, -0.25) is 14.5 Å². The van der Waals surface area contributed by atoms with E-state index in [-0.39, 0.29) is 25.0 Å².